The predicted molar refractivity (Wildman–Crippen MR) is 60.4 cm³/mol. The molecule has 2 rings (SSSR count). The van der Waals surface area contributed by atoms with Crippen LogP contribution in [0.3, 0.4) is 0 Å². The lowest BCUT2D eigenvalue weighted by atomic mass is 10.6. The highest BCUT2D eigenvalue weighted by atomic mass is 127. The van der Waals surface area contributed by atoms with Crippen LogP contribution in [0.15, 0.2) is 43.0 Å². The molecule has 0 saturated carbocycles. The molecule has 5 heteroatoms. The molecule has 0 aliphatic rings. The third-order valence-corrected chi connectivity index (χ3v) is 2.65. The predicted octanol–water partition coefficient (Wildman–Crippen LogP) is 0.760. The number of aromatic amines is 1. The van der Waals surface area contributed by atoms with Crippen molar-refractivity contribution in [3.05, 3.63) is 43.0 Å². The fourth-order valence-corrected chi connectivity index (χ4v) is 1.64. The summed E-state index contributed by atoms with van der Waals surface area (Å²) in [6.45, 7) is 0.849. The highest BCUT2D eigenvalue weighted by Gasteiger charge is 2.00. The molecule has 0 aromatic carbocycles. The molecule has 4 nitrogen and oxygen atoms in total. The first-order valence-electron chi connectivity index (χ1n) is 4.31. The third kappa shape index (κ3) is 2.22. The number of allylic oxidation sites excluding steroid dienone is 1. The van der Waals surface area contributed by atoms with E-state index in [4.69, 9.17) is 0 Å². The van der Waals surface area contributed by atoms with Gasteiger partial charge in [-0.2, -0.15) is 5.10 Å². The molecule has 0 bridgehead atoms. The van der Waals surface area contributed by atoms with E-state index in [9.17, 15) is 0 Å². The van der Waals surface area contributed by atoms with Crippen molar-refractivity contribution in [1.29, 1.82) is 0 Å². The third-order valence-electron chi connectivity index (χ3n) is 1.83. The maximum Gasteiger partial charge on any atom is 0.382 e. The average molecular weight is 302 g/mol. The van der Waals surface area contributed by atoms with Gasteiger partial charge in [0.15, 0.2) is 12.7 Å². The van der Waals surface area contributed by atoms with Crippen molar-refractivity contribution in [2.75, 3.05) is 0 Å². The van der Waals surface area contributed by atoms with Crippen LogP contribution in [0.2, 0.25) is 0 Å². The van der Waals surface area contributed by atoms with E-state index in [1.165, 1.54) is 0 Å². The van der Waals surface area contributed by atoms with E-state index in [1.807, 2.05) is 55.4 Å². The van der Waals surface area contributed by atoms with Gasteiger partial charge < -0.3 is 0 Å². The van der Waals surface area contributed by atoms with Crippen molar-refractivity contribution in [3.63, 3.8) is 0 Å². The number of nitrogens with one attached hydrogen (secondary N) is 1. The fourth-order valence-electron chi connectivity index (χ4n) is 1.16. The Balaban J connectivity index is 1.99. The lowest BCUT2D eigenvalue weighted by molar-refractivity contribution is -0.741. The molecule has 2 aromatic rings. The van der Waals surface area contributed by atoms with Gasteiger partial charge in [0.2, 0.25) is 6.20 Å². The second-order valence-electron chi connectivity index (χ2n) is 2.83. The summed E-state index contributed by atoms with van der Waals surface area (Å²) in [5.74, 6) is 0. The molecular formula is C9H11IN4+2. The summed E-state index contributed by atoms with van der Waals surface area (Å²) in [6, 6.07) is 3.97. The lowest BCUT2D eigenvalue weighted by Crippen LogP contribution is -2.33. The van der Waals surface area contributed by atoms with Crippen LogP contribution in [0.1, 0.15) is 0 Å². The maximum absolute atomic E-state index is 3.08. The lowest BCUT2D eigenvalue weighted by Gasteiger charge is -1.86. The van der Waals surface area contributed by atoms with Crippen molar-refractivity contribution in [1.82, 2.24) is 9.78 Å². The topological polar surface area (TPSA) is 28.5 Å². The number of nitrogens with zero attached hydrogens (tertiary/aromatic N) is 3. The van der Waals surface area contributed by atoms with Crippen LogP contribution in [-0.2, 0) is 6.54 Å². The smallest absolute Gasteiger partial charge is 0.173 e. The van der Waals surface area contributed by atoms with Crippen LogP contribution in [0.25, 0.3) is 6.20 Å². The zero-order valence-corrected chi connectivity index (χ0v) is 9.70. The van der Waals surface area contributed by atoms with Crippen molar-refractivity contribution in [3.8, 4) is 0 Å². The summed E-state index contributed by atoms with van der Waals surface area (Å²) in [4.78, 5) is 0. The van der Waals surface area contributed by atoms with Gasteiger partial charge in [-0.25, -0.2) is 0 Å². The molecule has 0 saturated heterocycles. The summed E-state index contributed by atoms with van der Waals surface area (Å²) in [5.41, 5.74) is 0. The summed E-state index contributed by atoms with van der Waals surface area (Å²) in [5, 5.41) is 3.08. The first-order valence-corrected chi connectivity index (χ1v) is 5.27. The van der Waals surface area contributed by atoms with Gasteiger partial charge in [0, 0.05) is 18.2 Å². The van der Waals surface area contributed by atoms with Crippen molar-refractivity contribution in [2.24, 2.45) is 0 Å². The van der Waals surface area contributed by atoms with E-state index in [2.05, 4.69) is 34.0 Å². The molecule has 14 heavy (non-hydrogen) atoms. The molecule has 0 fully saturated rings. The van der Waals surface area contributed by atoms with Crippen LogP contribution in [0.4, 0.5) is 0 Å². The number of H-pyrrole nitrogens is 1. The van der Waals surface area contributed by atoms with E-state index in [0.717, 1.165) is 6.54 Å². The number of aromatic nitrogens is 4. The second kappa shape index (κ2) is 4.41. The summed E-state index contributed by atoms with van der Waals surface area (Å²) in [6.07, 6.45) is 12.0. The fraction of sp³-hybridized carbons (Fsp3) is 0.111. The standard InChI is InChI=1S/C9H10IN4/c10-14-9-3-8-13(14)7-2-6-12-5-1-4-11-12/h1-5,7-9H,6H2/q+1/p+1/b7-2-. The Hall–Kier alpha value is -1.11. The zero-order chi connectivity index (χ0) is 9.80. The Labute approximate surface area is 95.9 Å². The van der Waals surface area contributed by atoms with Crippen LogP contribution in [-0.4, -0.2) is 9.78 Å². The molecule has 1 N–H and O–H groups in total. The Morgan fingerprint density at radius 2 is 2.29 bits per heavy atom. The normalized spacial score (nSPS) is 11.2. The minimum absolute atomic E-state index is 0.849. The molecule has 0 spiro atoms. The van der Waals surface area contributed by atoms with Gasteiger partial charge in [-0.15, -0.1) is 9.36 Å². The van der Waals surface area contributed by atoms with E-state index in [0.29, 0.717) is 0 Å². The molecule has 0 unspecified atom stereocenters. The number of hydrogen-bond acceptors (Lipinski definition) is 0. The molecule has 0 radical (unpaired) electrons. The number of halogens is 1. The molecule has 0 atom stereocenters. The monoisotopic (exact) mass is 302 g/mol. The molecule has 2 aromatic heterocycles. The summed E-state index contributed by atoms with van der Waals surface area (Å²) < 4.78 is 5.98. The molecule has 0 aliphatic heterocycles. The van der Waals surface area contributed by atoms with E-state index >= 15 is 0 Å². The van der Waals surface area contributed by atoms with Gasteiger partial charge in [0.05, 0.1) is 18.6 Å². The quantitative estimate of drug-likeness (QED) is 0.641. The number of rotatable bonds is 3. The van der Waals surface area contributed by atoms with Gasteiger partial charge >= 0.3 is 22.9 Å². The van der Waals surface area contributed by atoms with Gasteiger partial charge in [-0.3, -0.25) is 0 Å². The van der Waals surface area contributed by atoms with Gasteiger partial charge in [0.25, 0.3) is 0 Å². The minimum Gasteiger partial charge on any atom is -0.173 e. The molecule has 2 heterocycles. The maximum atomic E-state index is 3.08. The zero-order valence-electron chi connectivity index (χ0n) is 7.55. The first-order chi connectivity index (χ1) is 6.86. The van der Waals surface area contributed by atoms with Crippen molar-refractivity contribution in [2.45, 2.75) is 6.54 Å². The molecule has 0 aliphatic carbocycles. The van der Waals surface area contributed by atoms with E-state index in [1.54, 1.807) is 0 Å². The Morgan fingerprint density at radius 3 is 2.93 bits per heavy atom. The second-order valence-corrected chi connectivity index (χ2v) is 3.82. The molecule has 72 valence electrons. The Morgan fingerprint density at radius 1 is 1.36 bits per heavy atom. The molecular weight excluding hydrogens is 291 g/mol. The van der Waals surface area contributed by atoms with Crippen molar-refractivity contribution >= 4 is 29.1 Å². The largest absolute Gasteiger partial charge is 0.382 e. The van der Waals surface area contributed by atoms with Crippen molar-refractivity contribution < 1.29 is 7.58 Å². The Kier molecular flexibility index (Phi) is 2.97. The minimum atomic E-state index is 0.849. The Bertz CT molecular complexity index is 416. The van der Waals surface area contributed by atoms with Crippen LogP contribution in [0.5, 0.6) is 0 Å². The van der Waals surface area contributed by atoms with Crippen LogP contribution >= 0.6 is 22.9 Å². The summed E-state index contributed by atoms with van der Waals surface area (Å²) >= 11 is 2.22. The number of hydrogen-bond donors (Lipinski definition) is 1. The van der Waals surface area contributed by atoms with Crippen LogP contribution < -0.4 is 7.58 Å². The average Bonchev–Trinajstić information content (AvgIpc) is 2.78. The van der Waals surface area contributed by atoms with E-state index < -0.39 is 0 Å². The highest BCUT2D eigenvalue weighted by molar-refractivity contribution is 14.1. The van der Waals surface area contributed by atoms with Gasteiger partial charge in [-0.05, 0) is 2.90 Å². The molecule has 0 amide bonds. The first kappa shape index (κ1) is 9.45. The van der Waals surface area contributed by atoms with Crippen LogP contribution in [0, 0.1) is 0 Å². The SMILES string of the molecule is I[n+]1cccn1/C=C\C[n+]1ccc[nH]1. The van der Waals surface area contributed by atoms with Gasteiger partial charge in [-0.1, -0.05) is 0 Å². The summed E-state index contributed by atoms with van der Waals surface area (Å²) in [7, 11) is 0. The highest BCUT2D eigenvalue weighted by Crippen LogP contribution is 1.87. The van der Waals surface area contributed by atoms with Gasteiger partial charge in [0.1, 0.15) is 0 Å². The van der Waals surface area contributed by atoms with E-state index in [-0.39, 0.29) is 0 Å².